The Kier molecular flexibility index (Phi) is 8.43. The first-order valence-corrected chi connectivity index (χ1v) is 14.3. The number of likely N-dealkylation sites (N-methyl/N-ethyl adjacent to an activating group) is 1. The van der Waals surface area contributed by atoms with Gasteiger partial charge in [0, 0.05) is 43.5 Å². The van der Waals surface area contributed by atoms with Gasteiger partial charge >= 0.3 is 0 Å². The summed E-state index contributed by atoms with van der Waals surface area (Å²) in [6.07, 6.45) is 5.60. The molecule has 1 aliphatic carbocycles. The van der Waals surface area contributed by atoms with Crippen molar-refractivity contribution in [2.24, 2.45) is 5.92 Å². The third-order valence-electron chi connectivity index (χ3n) is 7.25. The fourth-order valence-electron chi connectivity index (χ4n) is 4.86. The quantitative estimate of drug-likeness (QED) is 0.557. The summed E-state index contributed by atoms with van der Waals surface area (Å²) in [6, 6.07) is 7.36. The van der Waals surface area contributed by atoms with Gasteiger partial charge in [0.2, 0.25) is 10.0 Å². The van der Waals surface area contributed by atoms with Crippen molar-refractivity contribution >= 4 is 15.9 Å². The van der Waals surface area contributed by atoms with Crippen LogP contribution in [0.5, 0.6) is 5.75 Å². The van der Waals surface area contributed by atoms with Crippen LogP contribution in [0.15, 0.2) is 47.6 Å². The second-order valence-corrected chi connectivity index (χ2v) is 12.2. The minimum Gasteiger partial charge on any atom is -0.487 e. The number of amides is 1. The second kappa shape index (κ2) is 11.4. The highest BCUT2D eigenvalue weighted by atomic mass is 32.2. The molecule has 2 aliphatic rings. The zero-order valence-corrected chi connectivity index (χ0v) is 22.8. The van der Waals surface area contributed by atoms with E-state index in [0.29, 0.717) is 24.0 Å². The third kappa shape index (κ3) is 6.02. The number of aliphatic hydroxyl groups excluding tert-OH is 1. The van der Waals surface area contributed by atoms with E-state index in [2.05, 4.69) is 16.8 Å². The lowest BCUT2D eigenvalue weighted by Gasteiger charge is -2.37. The maximum Gasteiger partial charge on any atom is 0.255 e. The summed E-state index contributed by atoms with van der Waals surface area (Å²) < 4.78 is 34.9. The maximum absolute atomic E-state index is 13.7. The lowest BCUT2D eigenvalue weighted by molar-refractivity contribution is 0.0563. The van der Waals surface area contributed by atoms with Crippen molar-refractivity contribution in [3.63, 3.8) is 0 Å². The molecule has 10 heteroatoms. The molecule has 204 valence electrons. The molecule has 1 amide bonds. The average Bonchev–Trinajstić information content (AvgIpc) is 3.35. The van der Waals surface area contributed by atoms with Gasteiger partial charge in [0.15, 0.2) is 0 Å². The van der Waals surface area contributed by atoms with Crippen molar-refractivity contribution in [1.82, 2.24) is 14.2 Å². The highest BCUT2D eigenvalue weighted by Gasteiger charge is 2.38. The van der Waals surface area contributed by atoms with Gasteiger partial charge in [-0.15, -0.1) is 0 Å². The van der Waals surface area contributed by atoms with E-state index in [1.165, 1.54) is 21.5 Å². The SMILES string of the molecule is C[C@@H]1CN([C@@H](C)CO)S(=O)(=O)c2ccc(C#CC3(O)CCCC3)cc2O[C@@H]1CN(C)C(=O)c1cccnc1. The van der Waals surface area contributed by atoms with E-state index in [9.17, 15) is 23.4 Å². The monoisotopic (exact) mass is 541 g/mol. The first-order chi connectivity index (χ1) is 18.0. The summed E-state index contributed by atoms with van der Waals surface area (Å²) in [5, 5.41) is 20.5. The van der Waals surface area contributed by atoms with Crippen LogP contribution in [0.25, 0.3) is 0 Å². The highest BCUT2D eigenvalue weighted by Crippen LogP contribution is 2.34. The number of carbonyl (C=O) groups is 1. The van der Waals surface area contributed by atoms with Gasteiger partial charge in [-0.1, -0.05) is 18.8 Å². The van der Waals surface area contributed by atoms with Crippen LogP contribution in [0.4, 0.5) is 0 Å². The van der Waals surface area contributed by atoms with Crippen LogP contribution in [-0.4, -0.2) is 83.2 Å². The number of benzene rings is 1. The molecule has 9 nitrogen and oxygen atoms in total. The van der Waals surface area contributed by atoms with Crippen molar-refractivity contribution in [2.75, 3.05) is 26.7 Å². The van der Waals surface area contributed by atoms with Crippen LogP contribution in [0.1, 0.15) is 55.5 Å². The van der Waals surface area contributed by atoms with Crippen LogP contribution in [0, 0.1) is 17.8 Å². The van der Waals surface area contributed by atoms with Gasteiger partial charge in [-0.05, 0) is 62.9 Å². The number of fused-ring (bicyclic) bond motifs is 1. The van der Waals surface area contributed by atoms with Crippen molar-refractivity contribution in [2.45, 2.75) is 62.2 Å². The first kappa shape index (κ1) is 28.0. The molecule has 2 N–H and O–H groups in total. The smallest absolute Gasteiger partial charge is 0.255 e. The number of nitrogens with zero attached hydrogens (tertiary/aromatic N) is 3. The number of ether oxygens (including phenoxy) is 1. The molecule has 1 fully saturated rings. The molecule has 0 bridgehead atoms. The summed E-state index contributed by atoms with van der Waals surface area (Å²) in [4.78, 5) is 18.5. The molecular formula is C28H35N3O6S. The zero-order valence-electron chi connectivity index (χ0n) is 22.0. The molecule has 2 heterocycles. The molecule has 1 aliphatic heterocycles. The lowest BCUT2D eigenvalue weighted by Crippen LogP contribution is -2.50. The molecule has 0 saturated heterocycles. The minimum absolute atomic E-state index is 0.0268. The van der Waals surface area contributed by atoms with Crippen LogP contribution in [0.3, 0.4) is 0 Å². The van der Waals surface area contributed by atoms with Gasteiger partial charge in [0.1, 0.15) is 22.4 Å². The van der Waals surface area contributed by atoms with E-state index >= 15 is 0 Å². The van der Waals surface area contributed by atoms with Gasteiger partial charge in [0.05, 0.1) is 18.7 Å². The Bertz CT molecular complexity index is 1320. The fraction of sp³-hybridized carbons (Fsp3) is 0.500. The Labute approximate surface area is 224 Å². The van der Waals surface area contributed by atoms with Crippen molar-refractivity contribution in [3.8, 4) is 17.6 Å². The van der Waals surface area contributed by atoms with Gasteiger partial charge in [-0.3, -0.25) is 9.78 Å². The number of hydrogen-bond donors (Lipinski definition) is 2. The Balaban J connectivity index is 1.71. The van der Waals surface area contributed by atoms with E-state index in [4.69, 9.17) is 4.74 Å². The molecule has 0 unspecified atom stereocenters. The van der Waals surface area contributed by atoms with Crippen LogP contribution in [-0.2, 0) is 10.0 Å². The largest absolute Gasteiger partial charge is 0.487 e. The average molecular weight is 542 g/mol. The molecule has 1 saturated carbocycles. The topological polar surface area (TPSA) is 120 Å². The number of carbonyl (C=O) groups excluding carboxylic acids is 1. The predicted octanol–water partition coefficient (Wildman–Crippen LogP) is 2.28. The molecule has 1 aromatic heterocycles. The Morgan fingerprint density at radius 3 is 2.71 bits per heavy atom. The van der Waals surface area contributed by atoms with Crippen LogP contribution < -0.4 is 4.74 Å². The third-order valence-corrected chi connectivity index (χ3v) is 9.27. The van der Waals surface area contributed by atoms with Crippen molar-refractivity contribution in [1.29, 1.82) is 0 Å². The number of sulfonamides is 1. The Morgan fingerprint density at radius 2 is 2.05 bits per heavy atom. The normalized spacial score (nSPS) is 23.1. The fourth-order valence-corrected chi connectivity index (χ4v) is 6.68. The summed E-state index contributed by atoms with van der Waals surface area (Å²) in [5.74, 6) is 5.53. The van der Waals surface area contributed by atoms with Gasteiger partial charge in [0.25, 0.3) is 5.91 Å². The number of aliphatic hydroxyl groups is 2. The summed E-state index contributed by atoms with van der Waals surface area (Å²) >= 11 is 0. The van der Waals surface area contributed by atoms with E-state index in [1.807, 2.05) is 6.92 Å². The number of hydrogen-bond acceptors (Lipinski definition) is 7. The van der Waals surface area contributed by atoms with Gasteiger partial charge in [-0.25, -0.2) is 8.42 Å². The van der Waals surface area contributed by atoms with E-state index < -0.39 is 27.8 Å². The van der Waals surface area contributed by atoms with Crippen molar-refractivity contribution < 1.29 is 28.2 Å². The van der Waals surface area contributed by atoms with E-state index in [0.717, 1.165) is 12.8 Å². The Hall–Kier alpha value is -2.97. The summed E-state index contributed by atoms with van der Waals surface area (Å²) in [7, 11) is -2.33. The molecule has 38 heavy (non-hydrogen) atoms. The van der Waals surface area contributed by atoms with E-state index in [1.54, 1.807) is 44.4 Å². The predicted molar refractivity (Wildman–Crippen MR) is 142 cm³/mol. The van der Waals surface area contributed by atoms with Crippen molar-refractivity contribution in [3.05, 3.63) is 53.9 Å². The zero-order chi connectivity index (χ0) is 27.5. The minimum atomic E-state index is -4.00. The first-order valence-electron chi connectivity index (χ1n) is 12.9. The van der Waals surface area contributed by atoms with Gasteiger partial charge in [-0.2, -0.15) is 4.31 Å². The summed E-state index contributed by atoms with van der Waals surface area (Å²) in [6.45, 7) is 3.49. The molecule has 2 aromatic rings. The molecule has 3 atom stereocenters. The van der Waals surface area contributed by atoms with Gasteiger partial charge < -0.3 is 19.8 Å². The molecule has 4 rings (SSSR count). The lowest BCUT2D eigenvalue weighted by atomic mass is 10.0. The maximum atomic E-state index is 13.7. The standard InChI is InChI=1S/C28H35N3O6S/c1-20-17-31(21(2)19-32)38(35,36)26-9-8-22(10-13-28(34)11-4-5-12-28)15-24(26)37-25(20)18-30(3)27(33)23-7-6-14-29-16-23/h6-9,14-16,20-21,25,32,34H,4-5,11-12,17-19H2,1-3H3/t20-,21+,25-/m1/s1. The molecule has 0 radical (unpaired) electrons. The molecule has 0 spiro atoms. The summed E-state index contributed by atoms with van der Waals surface area (Å²) in [5.41, 5.74) is -0.0704. The highest BCUT2D eigenvalue weighted by molar-refractivity contribution is 7.89. The number of rotatable bonds is 5. The second-order valence-electron chi connectivity index (χ2n) is 10.3. The molecule has 1 aromatic carbocycles. The Morgan fingerprint density at radius 1 is 1.32 bits per heavy atom. The van der Waals surface area contributed by atoms with E-state index in [-0.39, 0.29) is 42.2 Å². The number of pyridine rings is 1. The van der Waals surface area contributed by atoms with Crippen LogP contribution in [0.2, 0.25) is 0 Å². The number of aromatic nitrogens is 1. The molecular weight excluding hydrogens is 506 g/mol. The van der Waals surface area contributed by atoms with Crippen LogP contribution >= 0.6 is 0 Å².